The van der Waals surface area contributed by atoms with Crippen LogP contribution in [0.2, 0.25) is 0 Å². The molecule has 0 unspecified atom stereocenters. The van der Waals surface area contributed by atoms with Crippen molar-refractivity contribution in [3.63, 3.8) is 0 Å². The number of nitrogens with one attached hydrogen (secondary N) is 2. The number of thiophene rings is 1. The van der Waals surface area contributed by atoms with Gasteiger partial charge in [-0.25, -0.2) is 0 Å². The van der Waals surface area contributed by atoms with Gasteiger partial charge in [0.15, 0.2) is 0 Å². The van der Waals surface area contributed by atoms with Crippen LogP contribution < -0.4 is 15.4 Å². The summed E-state index contributed by atoms with van der Waals surface area (Å²) in [6, 6.07) is 10.5. The molecular weight excluding hydrogens is 358 g/mol. The van der Waals surface area contributed by atoms with Crippen LogP contribution in [0, 0.1) is 0 Å². The van der Waals surface area contributed by atoms with Gasteiger partial charge in [-0.2, -0.15) is 0 Å². The van der Waals surface area contributed by atoms with E-state index in [0.717, 1.165) is 62.6 Å². The largest absolute Gasteiger partial charge is 0.496 e. The van der Waals surface area contributed by atoms with E-state index in [-0.39, 0.29) is 11.9 Å². The predicted octanol–water partition coefficient (Wildman–Crippen LogP) is 2.80. The number of amides is 1. The number of carbonyl (C=O) groups excluding carboxylic acids is 1. The highest BCUT2D eigenvalue weighted by atomic mass is 32.1. The number of carbonyl (C=O) groups is 1. The zero-order chi connectivity index (χ0) is 18.6. The first-order valence-electron chi connectivity index (χ1n) is 9.70. The average molecular weight is 386 g/mol. The number of ether oxygens (including phenoxy) is 1. The van der Waals surface area contributed by atoms with Gasteiger partial charge in [0, 0.05) is 49.2 Å². The fourth-order valence-electron chi connectivity index (χ4n) is 3.93. The molecule has 0 radical (unpaired) electrons. The Morgan fingerprint density at radius 1 is 1.33 bits per heavy atom. The normalized spacial score (nSPS) is 18.1. The van der Waals surface area contributed by atoms with Crippen LogP contribution in [-0.4, -0.2) is 43.6 Å². The summed E-state index contributed by atoms with van der Waals surface area (Å²) in [6.07, 6.45) is 3.02. The minimum absolute atomic E-state index is 0.0950. The highest BCUT2D eigenvalue weighted by molar-refractivity contribution is 7.14. The molecular formula is C21H27N3O2S. The fourth-order valence-corrected chi connectivity index (χ4v) is 5.02. The van der Waals surface area contributed by atoms with E-state index in [1.165, 1.54) is 16.0 Å². The first kappa shape index (κ1) is 18.5. The van der Waals surface area contributed by atoms with Crippen molar-refractivity contribution < 1.29 is 9.53 Å². The quantitative estimate of drug-likeness (QED) is 0.831. The number of hydrogen-bond donors (Lipinski definition) is 2. The Morgan fingerprint density at radius 3 is 2.93 bits per heavy atom. The van der Waals surface area contributed by atoms with E-state index in [2.05, 4.69) is 33.7 Å². The Balaban J connectivity index is 1.29. The van der Waals surface area contributed by atoms with Gasteiger partial charge in [0.05, 0.1) is 12.0 Å². The standard InChI is InChI=1S/C21H27N3O2S/c1-26-18-5-3-2-4-15(18)14-24-10-7-17(8-11-24)23-21(25)20-12-16-13-22-9-6-19(16)27-20/h2-5,12,17,22H,6-11,13-14H2,1H3,(H,23,25). The highest BCUT2D eigenvalue weighted by Gasteiger charge is 2.23. The van der Waals surface area contributed by atoms with Crippen molar-refractivity contribution >= 4 is 17.2 Å². The summed E-state index contributed by atoms with van der Waals surface area (Å²) in [5, 5.41) is 6.62. The summed E-state index contributed by atoms with van der Waals surface area (Å²) < 4.78 is 5.46. The molecule has 1 aromatic heterocycles. The van der Waals surface area contributed by atoms with Gasteiger partial charge in [0.25, 0.3) is 5.91 Å². The lowest BCUT2D eigenvalue weighted by molar-refractivity contribution is 0.0913. The van der Waals surface area contributed by atoms with E-state index in [1.807, 2.05) is 12.1 Å². The summed E-state index contributed by atoms with van der Waals surface area (Å²) in [7, 11) is 1.72. The van der Waals surface area contributed by atoms with Crippen LogP contribution in [0.15, 0.2) is 30.3 Å². The number of methoxy groups -OCH3 is 1. The van der Waals surface area contributed by atoms with Gasteiger partial charge in [0.1, 0.15) is 5.75 Å². The van der Waals surface area contributed by atoms with E-state index >= 15 is 0 Å². The number of rotatable bonds is 5. The molecule has 2 N–H and O–H groups in total. The van der Waals surface area contributed by atoms with E-state index in [1.54, 1.807) is 18.4 Å². The summed E-state index contributed by atoms with van der Waals surface area (Å²) in [5.74, 6) is 1.04. The Bertz CT molecular complexity index is 773. The molecule has 0 aliphatic carbocycles. The first-order valence-corrected chi connectivity index (χ1v) is 10.5. The minimum atomic E-state index is 0.0950. The van der Waals surface area contributed by atoms with Crippen molar-refractivity contribution in [2.45, 2.75) is 38.4 Å². The summed E-state index contributed by atoms with van der Waals surface area (Å²) in [5.41, 5.74) is 2.52. The molecule has 2 aliphatic heterocycles. The Morgan fingerprint density at radius 2 is 2.15 bits per heavy atom. The van der Waals surface area contributed by atoms with Gasteiger partial charge >= 0.3 is 0 Å². The summed E-state index contributed by atoms with van der Waals surface area (Å²) in [6.45, 7) is 4.79. The number of hydrogen-bond acceptors (Lipinski definition) is 5. The van der Waals surface area contributed by atoms with Gasteiger partial charge < -0.3 is 15.4 Å². The zero-order valence-electron chi connectivity index (χ0n) is 15.8. The number of piperidine rings is 1. The maximum atomic E-state index is 12.6. The maximum Gasteiger partial charge on any atom is 0.261 e. The average Bonchev–Trinajstić information content (AvgIpc) is 3.14. The number of likely N-dealkylation sites (tertiary alicyclic amines) is 1. The maximum absolute atomic E-state index is 12.6. The van der Waals surface area contributed by atoms with Crippen molar-refractivity contribution in [2.75, 3.05) is 26.7 Å². The van der Waals surface area contributed by atoms with Crippen molar-refractivity contribution in [2.24, 2.45) is 0 Å². The number of nitrogens with zero attached hydrogens (tertiary/aromatic N) is 1. The molecule has 5 nitrogen and oxygen atoms in total. The monoisotopic (exact) mass is 385 g/mol. The molecule has 1 saturated heterocycles. The first-order chi connectivity index (χ1) is 13.2. The van der Waals surface area contributed by atoms with Crippen LogP contribution in [0.5, 0.6) is 5.75 Å². The van der Waals surface area contributed by atoms with Gasteiger partial charge in [0.2, 0.25) is 0 Å². The van der Waals surface area contributed by atoms with Crippen molar-refractivity contribution in [3.8, 4) is 5.75 Å². The second kappa shape index (κ2) is 8.42. The zero-order valence-corrected chi connectivity index (χ0v) is 16.6. The molecule has 3 heterocycles. The summed E-state index contributed by atoms with van der Waals surface area (Å²) >= 11 is 1.66. The van der Waals surface area contributed by atoms with Crippen LogP contribution in [0.4, 0.5) is 0 Å². The number of para-hydroxylation sites is 1. The molecule has 0 saturated carbocycles. The number of fused-ring (bicyclic) bond motifs is 1. The predicted molar refractivity (Wildman–Crippen MR) is 108 cm³/mol. The molecule has 1 aromatic carbocycles. The fraction of sp³-hybridized carbons (Fsp3) is 0.476. The van der Waals surface area contributed by atoms with Gasteiger partial charge in [-0.3, -0.25) is 9.69 Å². The highest BCUT2D eigenvalue weighted by Crippen LogP contribution is 2.26. The van der Waals surface area contributed by atoms with Gasteiger partial charge in [-0.15, -0.1) is 11.3 Å². The molecule has 144 valence electrons. The lowest BCUT2D eigenvalue weighted by atomic mass is 10.0. The smallest absolute Gasteiger partial charge is 0.261 e. The van der Waals surface area contributed by atoms with Gasteiger partial charge in [-0.05, 0) is 37.0 Å². The van der Waals surface area contributed by atoms with Crippen LogP contribution in [0.25, 0.3) is 0 Å². The van der Waals surface area contributed by atoms with E-state index in [4.69, 9.17) is 4.74 Å². The third-order valence-corrected chi connectivity index (χ3v) is 6.71. The third kappa shape index (κ3) is 4.34. The molecule has 27 heavy (non-hydrogen) atoms. The van der Waals surface area contributed by atoms with E-state index in [9.17, 15) is 4.79 Å². The van der Waals surface area contributed by atoms with E-state index < -0.39 is 0 Å². The Labute approximate surface area is 164 Å². The molecule has 0 spiro atoms. The molecule has 2 aliphatic rings. The Kier molecular flexibility index (Phi) is 5.76. The van der Waals surface area contributed by atoms with Crippen LogP contribution >= 0.6 is 11.3 Å². The van der Waals surface area contributed by atoms with Crippen molar-refractivity contribution in [1.82, 2.24) is 15.5 Å². The second-order valence-electron chi connectivity index (χ2n) is 7.32. The van der Waals surface area contributed by atoms with Crippen LogP contribution in [-0.2, 0) is 19.5 Å². The van der Waals surface area contributed by atoms with E-state index in [0.29, 0.717) is 0 Å². The van der Waals surface area contributed by atoms with Crippen molar-refractivity contribution in [1.29, 1.82) is 0 Å². The molecule has 2 aromatic rings. The Hall–Kier alpha value is -1.89. The number of benzene rings is 1. The lowest BCUT2D eigenvalue weighted by Crippen LogP contribution is -2.44. The third-order valence-electron chi connectivity index (χ3n) is 5.47. The van der Waals surface area contributed by atoms with Crippen molar-refractivity contribution in [3.05, 3.63) is 51.2 Å². The molecule has 0 atom stereocenters. The second-order valence-corrected chi connectivity index (χ2v) is 8.46. The topological polar surface area (TPSA) is 53.6 Å². The molecule has 6 heteroatoms. The van der Waals surface area contributed by atoms with Crippen LogP contribution in [0.1, 0.15) is 38.5 Å². The summed E-state index contributed by atoms with van der Waals surface area (Å²) in [4.78, 5) is 17.3. The molecule has 0 bridgehead atoms. The SMILES string of the molecule is COc1ccccc1CN1CCC(NC(=O)c2cc3c(s2)CCNC3)CC1. The van der Waals surface area contributed by atoms with Crippen LogP contribution in [0.3, 0.4) is 0 Å². The molecule has 1 fully saturated rings. The minimum Gasteiger partial charge on any atom is -0.496 e. The molecule has 1 amide bonds. The van der Waals surface area contributed by atoms with Gasteiger partial charge in [-0.1, -0.05) is 18.2 Å². The lowest BCUT2D eigenvalue weighted by Gasteiger charge is -2.32. The molecule has 4 rings (SSSR count).